The van der Waals surface area contributed by atoms with Crippen LogP contribution in [0.15, 0.2) is 12.4 Å². The summed E-state index contributed by atoms with van der Waals surface area (Å²) < 4.78 is 1.81. The van der Waals surface area contributed by atoms with Gasteiger partial charge in [0.2, 0.25) is 5.91 Å². The van der Waals surface area contributed by atoms with Gasteiger partial charge in [0.15, 0.2) is 0 Å². The molecule has 1 aromatic rings. The smallest absolute Gasteiger partial charge is 0.253 e. The molecule has 1 aromatic heterocycles. The van der Waals surface area contributed by atoms with E-state index in [1.54, 1.807) is 18.0 Å². The summed E-state index contributed by atoms with van der Waals surface area (Å²) in [6.07, 6.45) is 6.97. The second-order valence-corrected chi connectivity index (χ2v) is 6.40. The molecule has 1 saturated carbocycles. The average molecular weight is 290 g/mol. The lowest BCUT2D eigenvalue weighted by Crippen LogP contribution is -2.69. The van der Waals surface area contributed by atoms with Gasteiger partial charge in [-0.25, -0.2) is 0 Å². The predicted molar refractivity (Wildman–Crippen MR) is 78.9 cm³/mol. The third kappa shape index (κ3) is 2.13. The average Bonchev–Trinajstić information content (AvgIpc) is 3.07. The molecule has 1 aliphatic carbocycles. The number of rotatable bonds is 2. The molecule has 0 aromatic carbocycles. The van der Waals surface area contributed by atoms with Crippen molar-refractivity contribution in [1.82, 2.24) is 15.1 Å². The Bertz CT molecular complexity index is 572. The van der Waals surface area contributed by atoms with E-state index in [2.05, 4.69) is 10.4 Å². The van der Waals surface area contributed by atoms with Crippen molar-refractivity contribution in [2.45, 2.75) is 64.1 Å². The third-order valence-electron chi connectivity index (χ3n) is 4.61. The maximum atomic E-state index is 13.0. The van der Waals surface area contributed by atoms with Gasteiger partial charge in [-0.05, 0) is 33.6 Å². The van der Waals surface area contributed by atoms with Crippen LogP contribution >= 0.6 is 0 Å². The first-order valence-electron chi connectivity index (χ1n) is 7.64. The van der Waals surface area contributed by atoms with Crippen LogP contribution in [0.2, 0.25) is 0 Å². The van der Waals surface area contributed by atoms with E-state index in [9.17, 15) is 9.59 Å². The maximum absolute atomic E-state index is 13.0. The highest BCUT2D eigenvalue weighted by atomic mass is 16.2. The molecule has 114 valence electrons. The van der Waals surface area contributed by atoms with Gasteiger partial charge in [0.1, 0.15) is 11.6 Å². The lowest BCUT2D eigenvalue weighted by Gasteiger charge is -2.42. The Hall–Kier alpha value is -1.85. The van der Waals surface area contributed by atoms with E-state index in [1.165, 1.54) is 0 Å². The Labute approximate surface area is 124 Å². The van der Waals surface area contributed by atoms with E-state index in [0.29, 0.717) is 5.69 Å². The number of carbonyl (C=O) groups excluding carboxylic acids is 2. The number of carbonyl (C=O) groups is 2. The van der Waals surface area contributed by atoms with Crippen LogP contribution in [-0.4, -0.2) is 33.2 Å². The molecule has 1 N–H and O–H groups in total. The summed E-state index contributed by atoms with van der Waals surface area (Å²) in [6, 6.07) is -0.267. The number of hydrogen-bond acceptors (Lipinski definition) is 3. The second kappa shape index (κ2) is 4.86. The van der Waals surface area contributed by atoms with Crippen molar-refractivity contribution in [3.05, 3.63) is 12.4 Å². The van der Waals surface area contributed by atoms with Crippen molar-refractivity contribution in [2.24, 2.45) is 0 Å². The van der Waals surface area contributed by atoms with Crippen LogP contribution in [0.3, 0.4) is 0 Å². The van der Waals surface area contributed by atoms with Crippen LogP contribution in [-0.2, 0) is 9.59 Å². The van der Waals surface area contributed by atoms with Gasteiger partial charge in [0, 0.05) is 12.2 Å². The number of aromatic nitrogens is 2. The molecule has 3 rings (SSSR count). The first kappa shape index (κ1) is 14.1. The fourth-order valence-corrected chi connectivity index (χ4v) is 3.31. The summed E-state index contributed by atoms with van der Waals surface area (Å²) in [4.78, 5) is 26.9. The predicted octanol–water partition coefficient (Wildman–Crippen LogP) is 1.63. The van der Waals surface area contributed by atoms with Gasteiger partial charge in [-0.1, -0.05) is 12.8 Å². The van der Waals surface area contributed by atoms with Gasteiger partial charge < -0.3 is 5.32 Å². The fourth-order valence-electron chi connectivity index (χ4n) is 3.31. The highest BCUT2D eigenvalue weighted by Gasteiger charge is 2.51. The molecule has 1 atom stereocenters. The van der Waals surface area contributed by atoms with Crippen molar-refractivity contribution in [2.75, 3.05) is 4.90 Å². The van der Waals surface area contributed by atoms with E-state index >= 15 is 0 Å². The maximum Gasteiger partial charge on any atom is 0.253 e. The second-order valence-electron chi connectivity index (χ2n) is 6.40. The van der Waals surface area contributed by atoms with E-state index < -0.39 is 11.6 Å². The summed E-state index contributed by atoms with van der Waals surface area (Å²) in [7, 11) is 0. The zero-order chi connectivity index (χ0) is 15.2. The first-order valence-corrected chi connectivity index (χ1v) is 7.64. The topological polar surface area (TPSA) is 67.2 Å². The molecule has 0 radical (unpaired) electrons. The molecule has 2 aliphatic rings. The van der Waals surface area contributed by atoms with Crippen molar-refractivity contribution in [3.8, 4) is 0 Å². The molecular weight excluding hydrogens is 268 g/mol. The Morgan fingerprint density at radius 1 is 1.33 bits per heavy atom. The summed E-state index contributed by atoms with van der Waals surface area (Å²) in [6.45, 7) is 5.83. The van der Waals surface area contributed by atoms with Crippen molar-refractivity contribution < 1.29 is 9.59 Å². The molecule has 1 saturated heterocycles. The first-order chi connectivity index (χ1) is 9.94. The molecule has 21 heavy (non-hydrogen) atoms. The summed E-state index contributed by atoms with van der Waals surface area (Å²) in [5, 5.41) is 7.25. The summed E-state index contributed by atoms with van der Waals surface area (Å²) in [5.41, 5.74) is 0.0195. The third-order valence-corrected chi connectivity index (χ3v) is 4.61. The number of piperazine rings is 1. The molecule has 0 bridgehead atoms. The van der Waals surface area contributed by atoms with Crippen molar-refractivity contribution >= 4 is 17.5 Å². The standard InChI is InChI=1S/C15H22N4O2/c1-10(2)18-9-12(8-16-18)19-11(3)13(20)17-15(14(19)21)6-4-5-7-15/h8-11H,4-7H2,1-3H3,(H,17,20). The number of hydrogen-bond donors (Lipinski definition) is 1. The lowest BCUT2D eigenvalue weighted by atomic mass is 9.91. The van der Waals surface area contributed by atoms with E-state index in [1.807, 2.05) is 24.7 Å². The minimum absolute atomic E-state index is 0.00964. The van der Waals surface area contributed by atoms with Gasteiger partial charge in [-0.2, -0.15) is 5.10 Å². The SMILES string of the molecule is CC1C(=O)NC2(CCCC2)C(=O)N1c1cnn(C(C)C)c1. The highest BCUT2D eigenvalue weighted by molar-refractivity contribution is 6.10. The quantitative estimate of drug-likeness (QED) is 0.900. The fraction of sp³-hybridized carbons (Fsp3) is 0.667. The molecule has 2 fully saturated rings. The number of nitrogens with one attached hydrogen (secondary N) is 1. The zero-order valence-electron chi connectivity index (χ0n) is 12.8. The Balaban J connectivity index is 1.97. The molecule has 1 aliphatic heterocycles. The summed E-state index contributed by atoms with van der Waals surface area (Å²) >= 11 is 0. The lowest BCUT2D eigenvalue weighted by molar-refractivity contribution is -0.137. The monoisotopic (exact) mass is 290 g/mol. The highest BCUT2D eigenvalue weighted by Crippen LogP contribution is 2.36. The Morgan fingerprint density at radius 2 is 2.00 bits per heavy atom. The van der Waals surface area contributed by atoms with Crippen LogP contribution in [0.1, 0.15) is 52.5 Å². The van der Waals surface area contributed by atoms with Crippen LogP contribution in [0.25, 0.3) is 0 Å². The van der Waals surface area contributed by atoms with Crippen LogP contribution in [0.4, 0.5) is 5.69 Å². The molecule has 2 heterocycles. The largest absolute Gasteiger partial charge is 0.340 e. The van der Waals surface area contributed by atoms with Gasteiger partial charge in [-0.15, -0.1) is 0 Å². The van der Waals surface area contributed by atoms with Gasteiger partial charge in [0.25, 0.3) is 5.91 Å². The van der Waals surface area contributed by atoms with Gasteiger partial charge in [-0.3, -0.25) is 19.2 Å². The molecule has 1 spiro atoms. The van der Waals surface area contributed by atoms with Crippen LogP contribution < -0.4 is 10.2 Å². The van der Waals surface area contributed by atoms with Gasteiger partial charge in [0.05, 0.1) is 11.9 Å². The Kier molecular flexibility index (Phi) is 3.26. The van der Waals surface area contributed by atoms with E-state index in [-0.39, 0.29) is 17.9 Å². The number of nitrogens with zero attached hydrogens (tertiary/aromatic N) is 3. The molecular formula is C15H22N4O2. The van der Waals surface area contributed by atoms with Crippen LogP contribution in [0.5, 0.6) is 0 Å². The zero-order valence-corrected chi connectivity index (χ0v) is 12.8. The normalized spacial score (nSPS) is 25.0. The molecule has 6 nitrogen and oxygen atoms in total. The van der Waals surface area contributed by atoms with Crippen LogP contribution in [0, 0.1) is 0 Å². The number of amides is 2. The molecule has 6 heteroatoms. The van der Waals surface area contributed by atoms with Gasteiger partial charge >= 0.3 is 0 Å². The van der Waals surface area contributed by atoms with E-state index in [0.717, 1.165) is 25.7 Å². The van der Waals surface area contributed by atoms with Crippen molar-refractivity contribution in [1.29, 1.82) is 0 Å². The molecule has 2 amide bonds. The minimum atomic E-state index is -0.691. The Morgan fingerprint density at radius 3 is 2.57 bits per heavy atom. The van der Waals surface area contributed by atoms with E-state index in [4.69, 9.17) is 0 Å². The minimum Gasteiger partial charge on any atom is -0.340 e. The number of anilines is 1. The molecule has 1 unspecified atom stereocenters. The van der Waals surface area contributed by atoms with Crippen molar-refractivity contribution in [3.63, 3.8) is 0 Å². The summed E-state index contributed by atoms with van der Waals surface area (Å²) in [5.74, 6) is -0.0656.